The number of para-hydroxylation sites is 2. The lowest BCUT2D eigenvalue weighted by Gasteiger charge is -2.35. The standard InChI is InChI=1S/C30H33N5O2/c1-22(32-30(37)24-13-10-18-31-19-24)29-33-26-16-8-9-17-27(26)35(29)21-28(36)34(25-14-6-3-7-15-25)20-23-11-4-2-5-12-23/h2,4-5,8-13,16-19,22,25H,3,6-7,14-15,20-21H2,1H3,(H,32,37). The number of benzene rings is 2. The van der Waals surface area contributed by atoms with Gasteiger partial charge >= 0.3 is 0 Å². The Morgan fingerprint density at radius 2 is 1.76 bits per heavy atom. The summed E-state index contributed by atoms with van der Waals surface area (Å²) in [5.41, 5.74) is 3.31. The molecule has 5 rings (SSSR count). The molecule has 0 aliphatic heterocycles. The van der Waals surface area contributed by atoms with Crippen LogP contribution in [0.25, 0.3) is 11.0 Å². The van der Waals surface area contributed by atoms with E-state index in [0.29, 0.717) is 17.9 Å². The molecule has 2 heterocycles. The number of nitrogens with one attached hydrogen (secondary N) is 1. The monoisotopic (exact) mass is 495 g/mol. The first kappa shape index (κ1) is 24.7. The number of imidazole rings is 1. The summed E-state index contributed by atoms with van der Waals surface area (Å²) < 4.78 is 1.96. The van der Waals surface area contributed by atoms with E-state index in [9.17, 15) is 9.59 Å². The maximum absolute atomic E-state index is 14.0. The van der Waals surface area contributed by atoms with Gasteiger partial charge in [-0.15, -0.1) is 0 Å². The molecule has 7 nitrogen and oxygen atoms in total. The molecule has 2 amide bonds. The predicted molar refractivity (Wildman–Crippen MR) is 144 cm³/mol. The van der Waals surface area contributed by atoms with Gasteiger partial charge in [-0.3, -0.25) is 14.6 Å². The van der Waals surface area contributed by atoms with E-state index in [1.807, 2.05) is 54.0 Å². The highest BCUT2D eigenvalue weighted by atomic mass is 16.2. The topological polar surface area (TPSA) is 80.1 Å². The summed E-state index contributed by atoms with van der Waals surface area (Å²) in [4.78, 5) is 37.7. The van der Waals surface area contributed by atoms with Crippen LogP contribution in [0.3, 0.4) is 0 Å². The molecule has 190 valence electrons. The van der Waals surface area contributed by atoms with E-state index in [1.54, 1.807) is 24.5 Å². The molecule has 2 aromatic carbocycles. The van der Waals surface area contributed by atoms with Gasteiger partial charge in [-0.05, 0) is 49.6 Å². The summed E-state index contributed by atoms with van der Waals surface area (Å²) >= 11 is 0. The van der Waals surface area contributed by atoms with E-state index in [0.717, 1.165) is 42.3 Å². The van der Waals surface area contributed by atoms with Crippen molar-refractivity contribution in [2.24, 2.45) is 0 Å². The van der Waals surface area contributed by atoms with Crippen LogP contribution in [0, 0.1) is 0 Å². The zero-order chi connectivity index (χ0) is 25.6. The number of rotatable bonds is 8. The van der Waals surface area contributed by atoms with Crippen molar-refractivity contribution in [2.45, 2.75) is 64.2 Å². The maximum Gasteiger partial charge on any atom is 0.253 e. The van der Waals surface area contributed by atoms with E-state index in [1.165, 1.54) is 6.42 Å². The third-order valence-electron chi connectivity index (χ3n) is 7.17. The second-order valence-electron chi connectivity index (χ2n) is 9.78. The fourth-order valence-electron chi connectivity index (χ4n) is 5.25. The van der Waals surface area contributed by atoms with Gasteiger partial charge in [0.25, 0.3) is 5.91 Å². The molecule has 4 aromatic rings. The number of aromatic nitrogens is 3. The minimum absolute atomic E-state index is 0.0749. The molecule has 0 radical (unpaired) electrons. The van der Waals surface area contributed by atoms with Gasteiger partial charge in [-0.25, -0.2) is 4.98 Å². The van der Waals surface area contributed by atoms with Gasteiger partial charge in [-0.2, -0.15) is 0 Å². The molecular weight excluding hydrogens is 462 g/mol. The third-order valence-corrected chi connectivity index (χ3v) is 7.17. The van der Waals surface area contributed by atoms with E-state index in [-0.39, 0.29) is 24.4 Å². The number of fused-ring (bicyclic) bond motifs is 1. The third kappa shape index (κ3) is 5.71. The smallest absolute Gasteiger partial charge is 0.253 e. The summed E-state index contributed by atoms with van der Waals surface area (Å²) in [6.07, 6.45) is 8.79. The van der Waals surface area contributed by atoms with Crippen molar-refractivity contribution in [3.63, 3.8) is 0 Å². The van der Waals surface area contributed by atoms with E-state index < -0.39 is 6.04 Å². The maximum atomic E-state index is 14.0. The number of amides is 2. The van der Waals surface area contributed by atoms with Crippen LogP contribution >= 0.6 is 0 Å². The van der Waals surface area contributed by atoms with E-state index >= 15 is 0 Å². The first-order chi connectivity index (χ1) is 18.1. The lowest BCUT2D eigenvalue weighted by atomic mass is 9.93. The van der Waals surface area contributed by atoms with Gasteiger partial charge in [0.1, 0.15) is 12.4 Å². The SMILES string of the molecule is CC(NC(=O)c1cccnc1)c1nc2ccccc2n1CC(=O)N(Cc1ccccc1)C1CCCCC1. The van der Waals surface area contributed by atoms with Crippen molar-refractivity contribution in [1.29, 1.82) is 0 Å². The minimum Gasteiger partial charge on any atom is -0.342 e. The van der Waals surface area contributed by atoms with Gasteiger partial charge in [0.05, 0.1) is 22.6 Å². The average molecular weight is 496 g/mol. The van der Waals surface area contributed by atoms with Crippen molar-refractivity contribution >= 4 is 22.8 Å². The van der Waals surface area contributed by atoms with Crippen LogP contribution in [-0.4, -0.2) is 37.3 Å². The molecule has 1 atom stereocenters. The highest BCUT2D eigenvalue weighted by molar-refractivity contribution is 5.94. The lowest BCUT2D eigenvalue weighted by Crippen LogP contribution is -2.43. The summed E-state index contributed by atoms with van der Waals surface area (Å²) in [5.74, 6) is 0.513. The highest BCUT2D eigenvalue weighted by Crippen LogP contribution is 2.26. The molecule has 37 heavy (non-hydrogen) atoms. The number of pyridine rings is 1. The van der Waals surface area contributed by atoms with Crippen molar-refractivity contribution in [3.05, 3.63) is 96.1 Å². The molecule has 1 saturated carbocycles. The molecule has 2 aromatic heterocycles. The van der Waals surface area contributed by atoms with Gasteiger partial charge < -0.3 is 14.8 Å². The van der Waals surface area contributed by atoms with Crippen LogP contribution in [0.1, 0.15) is 66.8 Å². The number of hydrogen-bond acceptors (Lipinski definition) is 4. The fraction of sp³-hybridized carbons (Fsp3) is 0.333. The Hall–Kier alpha value is -4.00. The number of carbonyl (C=O) groups excluding carboxylic acids is 2. The van der Waals surface area contributed by atoms with Crippen LogP contribution in [-0.2, 0) is 17.9 Å². The molecule has 1 unspecified atom stereocenters. The predicted octanol–water partition coefficient (Wildman–Crippen LogP) is 5.28. The van der Waals surface area contributed by atoms with Crippen molar-refractivity contribution in [1.82, 2.24) is 24.8 Å². The molecule has 1 N–H and O–H groups in total. The molecule has 1 aliphatic carbocycles. The van der Waals surface area contributed by atoms with Crippen LogP contribution in [0.4, 0.5) is 0 Å². The number of nitrogens with zero attached hydrogens (tertiary/aromatic N) is 4. The quantitative estimate of drug-likeness (QED) is 0.360. The summed E-state index contributed by atoms with van der Waals surface area (Å²) in [6, 6.07) is 21.3. The molecule has 0 bridgehead atoms. The Morgan fingerprint density at radius 3 is 2.51 bits per heavy atom. The van der Waals surface area contributed by atoms with Crippen molar-refractivity contribution in [2.75, 3.05) is 0 Å². The van der Waals surface area contributed by atoms with E-state index in [4.69, 9.17) is 4.98 Å². The Balaban J connectivity index is 1.43. The first-order valence-corrected chi connectivity index (χ1v) is 13.1. The Morgan fingerprint density at radius 1 is 1.00 bits per heavy atom. The van der Waals surface area contributed by atoms with Crippen LogP contribution in [0.15, 0.2) is 79.1 Å². The zero-order valence-electron chi connectivity index (χ0n) is 21.2. The van der Waals surface area contributed by atoms with Crippen molar-refractivity contribution < 1.29 is 9.59 Å². The van der Waals surface area contributed by atoms with Crippen LogP contribution in [0.5, 0.6) is 0 Å². The summed E-state index contributed by atoms with van der Waals surface area (Å²) in [7, 11) is 0. The van der Waals surface area contributed by atoms with Crippen LogP contribution < -0.4 is 5.32 Å². The first-order valence-electron chi connectivity index (χ1n) is 13.1. The second kappa shape index (κ2) is 11.4. The van der Waals surface area contributed by atoms with E-state index in [2.05, 4.69) is 27.3 Å². The molecular formula is C30H33N5O2. The highest BCUT2D eigenvalue weighted by Gasteiger charge is 2.28. The Bertz CT molecular complexity index is 1350. The molecule has 1 fully saturated rings. The average Bonchev–Trinajstić information content (AvgIpc) is 3.31. The fourth-order valence-corrected chi connectivity index (χ4v) is 5.25. The van der Waals surface area contributed by atoms with Crippen molar-refractivity contribution in [3.8, 4) is 0 Å². The Labute approximate surface area is 217 Å². The van der Waals surface area contributed by atoms with Gasteiger partial charge in [-0.1, -0.05) is 61.7 Å². The van der Waals surface area contributed by atoms with Gasteiger partial charge in [0, 0.05) is 25.0 Å². The lowest BCUT2D eigenvalue weighted by molar-refractivity contribution is -0.135. The Kier molecular flexibility index (Phi) is 7.59. The largest absolute Gasteiger partial charge is 0.342 e. The second-order valence-corrected chi connectivity index (χ2v) is 9.78. The summed E-state index contributed by atoms with van der Waals surface area (Å²) in [6.45, 7) is 2.67. The molecule has 0 saturated heterocycles. The zero-order valence-corrected chi connectivity index (χ0v) is 21.2. The van der Waals surface area contributed by atoms with Crippen LogP contribution in [0.2, 0.25) is 0 Å². The number of hydrogen-bond donors (Lipinski definition) is 1. The molecule has 7 heteroatoms. The number of carbonyl (C=O) groups is 2. The summed E-state index contributed by atoms with van der Waals surface area (Å²) in [5, 5.41) is 3.03. The molecule has 0 spiro atoms. The minimum atomic E-state index is -0.398. The molecule has 1 aliphatic rings. The van der Waals surface area contributed by atoms with Gasteiger partial charge in [0.15, 0.2) is 0 Å². The van der Waals surface area contributed by atoms with Gasteiger partial charge in [0.2, 0.25) is 5.91 Å². The normalized spacial score (nSPS) is 14.8.